The molecule has 0 bridgehead atoms. The summed E-state index contributed by atoms with van der Waals surface area (Å²) < 4.78 is 1.93. The molecule has 1 heterocycles. The molecule has 0 saturated carbocycles. The molecule has 112 valence electrons. The van der Waals surface area contributed by atoms with Crippen molar-refractivity contribution >= 4 is 37.5 Å². The molecule has 0 spiro atoms. The number of fused-ring (bicyclic) bond motifs is 2. The summed E-state index contributed by atoms with van der Waals surface area (Å²) in [7, 11) is 0. The molecule has 0 amide bonds. The van der Waals surface area contributed by atoms with Crippen molar-refractivity contribution in [3.63, 3.8) is 0 Å². The predicted molar refractivity (Wildman–Crippen MR) is 91.2 cm³/mol. The lowest BCUT2D eigenvalue weighted by Gasteiger charge is -2.15. The minimum atomic E-state index is -0.873. The van der Waals surface area contributed by atoms with Gasteiger partial charge in [-0.1, -0.05) is 12.1 Å². The van der Waals surface area contributed by atoms with E-state index in [0.717, 1.165) is 31.7 Å². The molecule has 1 N–H and O–H groups in total. The van der Waals surface area contributed by atoms with Crippen molar-refractivity contribution in [3.05, 3.63) is 56.7 Å². The lowest BCUT2D eigenvalue weighted by atomic mass is 9.92. The maximum Gasteiger partial charge on any atom is 0.307 e. The molecule has 0 aliphatic carbocycles. The van der Waals surface area contributed by atoms with Crippen LogP contribution in [0.5, 0.6) is 0 Å². The first-order chi connectivity index (χ1) is 10.4. The molecule has 3 aromatic rings. The van der Waals surface area contributed by atoms with E-state index in [1.165, 1.54) is 0 Å². The molecule has 1 aromatic heterocycles. The molecule has 3 nitrogen and oxygen atoms in total. The molecule has 22 heavy (non-hydrogen) atoms. The van der Waals surface area contributed by atoms with Crippen LogP contribution in [0.2, 0.25) is 0 Å². The van der Waals surface area contributed by atoms with Crippen LogP contribution in [0.1, 0.15) is 22.3 Å². The molecule has 2 aromatic carbocycles. The zero-order valence-electron chi connectivity index (χ0n) is 12.7. The Labute approximate surface area is 131 Å². The lowest BCUT2D eigenvalue weighted by molar-refractivity contribution is -0.136. The highest BCUT2D eigenvalue weighted by molar-refractivity contribution is 7.24. The van der Waals surface area contributed by atoms with Crippen molar-refractivity contribution < 1.29 is 9.90 Å². The summed E-state index contributed by atoms with van der Waals surface area (Å²) in [5.74, 6) is -0.873. The van der Waals surface area contributed by atoms with Crippen molar-refractivity contribution in [1.29, 1.82) is 0 Å². The third-order valence-corrected chi connectivity index (χ3v) is 5.60. The van der Waals surface area contributed by atoms with E-state index in [-0.39, 0.29) is 11.8 Å². The normalized spacial score (nSPS) is 11.2. The number of rotatable bonds is 2. The van der Waals surface area contributed by atoms with Gasteiger partial charge in [-0.3, -0.25) is 9.59 Å². The first-order valence-corrected chi connectivity index (χ1v) is 7.89. The second kappa shape index (κ2) is 5.21. The molecular weight excluding hydrogens is 296 g/mol. The van der Waals surface area contributed by atoms with E-state index in [1.807, 2.05) is 45.0 Å². The van der Waals surface area contributed by atoms with Crippen LogP contribution in [0.25, 0.3) is 20.2 Å². The van der Waals surface area contributed by atoms with Gasteiger partial charge in [0.15, 0.2) is 5.43 Å². The van der Waals surface area contributed by atoms with Gasteiger partial charge in [-0.15, -0.1) is 11.3 Å². The molecule has 0 radical (unpaired) electrons. The highest BCUT2D eigenvalue weighted by Gasteiger charge is 2.18. The van der Waals surface area contributed by atoms with Crippen LogP contribution in [0, 0.1) is 20.8 Å². The van der Waals surface area contributed by atoms with E-state index in [2.05, 4.69) is 0 Å². The summed E-state index contributed by atoms with van der Waals surface area (Å²) >= 11 is 1.60. The highest BCUT2D eigenvalue weighted by Crippen LogP contribution is 2.33. The van der Waals surface area contributed by atoms with Gasteiger partial charge in [0, 0.05) is 20.2 Å². The predicted octanol–water partition coefficient (Wildman–Crippen LogP) is 3.97. The second-order valence-electron chi connectivity index (χ2n) is 5.56. The van der Waals surface area contributed by atoms with Crippen LogP contribution in [-0.4, -0.2) is 11.1 Å². The SMILES string of the molecule is Cc1c(CC(=O)O)c(C)c2c(=O)c3ccccc3sc2c1C. The Kier molecular flexibility index (Phi) is 3.49. The van der Waals surface area contributed by atoms with Gasteiger partial charge >= 0.3 is 5.97 Å². The van der Waals surface area contributed by atoms with Gasteiger partial charge in [0.05, 0.1) is 6.42 Å². The summed E-state index contributed by atoms with van der Waals surface area (Å²) in [6.45, 7) is 5.76. The van der Waals surface area contributed by atoms with Crippen molar-refractivity contribution in [2.45, 2.75) is 27.2 Å². The van der Waals surface area contributed by atoms with Crippen molar-refractivity contribution in [2.75, 3.05) is 0 Å². The Morgan fingerprint density at radius 1 is 1.09 bits per heavy atom. The summed E-state index contributed by atoms with van der Waals surface area (Å²) in [6.07, 6.45) is -0.0502. The lowest BCUT2D eigenvalue weighted by Crippen LogP contribution is -2.10. The topological polar surface area (TPSA) is 54.4 Å². The fourth-order valence-electron chi connectivity index (χ4n) is 2.99. The third-order valence-electron chi connectivity index (χ3n) is 4.31. The monoisotopic (exact) mass is 312 g/mol. The summed E-state index contributed by atoms with van der Waals surface area (Å²) in [4.78, 5) is 24.0. The Hall–Kier alpha value is -2.20. The summed E-state index contributed by atoms with van der Waals surface area (Å²) in [5, 5.41) is 10.5. The minimum absolute atomic E-state index is 0.00316. The molecule has 0 aliphatic rings. The molecule has 0 atom stereocenters. The maximum atomic E-state index is 12.9. The van der Waals surface area contributed by atoms with Gasteiger partial charge in [0.25, 0.3) is 0 Å². The minimum Gasteiger partial charge on any atom is -0.481 e. The molecule has 4 heteroatoms. The fourth-order valence-corrected chi connectivity index (χ4v) is 4.28. The van der Waals surface area contributed by atoms with Crippen LogP contribution in [0.15, 0.2) is 29.1 Å². The van der Waals surface area contributed by atoms with Crippen LogP contribution in [0.4, 0.5) is 0 Å². The number of hydrogen-bond acceptors (Lipinski definition) is 3. The van der Waals surface area contributed by atoms with Crippen LogP contribution >= 0.6 is 11.3 Å². The largest absolute Gasteiger partial charge is 0.481 e. The molecule has 3 rings (SSSR count). The van der Waals surface area contributed by atoms with Gasteiger partial charge in [0.2, 0.25) is 0 Å². The molecule has 0 unspecified atom stereocenters. The van der Waals surface area contributed by atoms with Crippen molar-refractivity contribution in [2.24, 2.45) is 0 Å². The molecule has 0 saturated heterocycles. The number of benzene rings is 2. The Morgan fingerprint density at radius 3 is 2.45 bits per heavy atom. The number of aliphatic carboxylic acids is 1. The van der Waals surface area contributed by atoms with Gasteiger partial charge < -0.3 is 5.11 Å². The number of carboxylic acid groups (broad SMARTS) is 1. The smallest absolute Gasteiger partial charge is 0.307 e. The van der Waals surface area contributed by atoms with E-state index < -0.39 is 5.97 Å². The molecule has 0 fully saturated rings. The summed E-state index contributed by atoms with van der Waals surface area (Å²) in [5.41, 5.74) is 3.53. The number of carbonyl (C=O) groups is 1. The summed E-state index contributed by atoms with van der Waals surface area (Å²) in [6, 6.07) is 7.57. The Morgan fingerprint density at radius 2 is 1.77 bits per heavy atom. The van der Waals surface area contributed by atoms with Crippen LogP contribution < -0.4 is 5.43 Å². The van der Waals surface area contributed by atoms with Crippen LogP contribution in [-0.2, 0) is 11.2 Å². The maximum absolute atomic E-state index is 12.9. The van der Waals surface area contributed by atoms with Gasteiger partial charge in [-0.25, -0.2) is 0 Å². The average molecular weight is 312 g/mol. The van der Waals surface area contributed by atoms with E-state index in [9.17, 15) is 9.59 Å². The fraction of sp³-hybridized carbons (Fsp3) is 0.222. The van der Waals surface area contributed by atoms with E-state index in [4.69, 9.17) is 5.11 Å². The number of hydrogen-bond donors (Lipinski definition) is 1. The first kappa shape index (κ1) is 14.7. The van der Waals surface area contributed by atoms with Crippen molar-refractivity contribution in [3.8, 4) is 0 Å². The highest BCUT2D eigenvalue weighted by atomic mass is 32.1. The van der Waals surface area contributed by atoms with Crippen LogP contribution in [0.3, 0.4) is 0 Å². The standard InChI is InChI=1S/C18H16O3S/c1-9-10(2)18-16(11(3)13(9)8-15(19)20)17(21)12-6-4-5-7-14(12)22-18/h4-7H,8H2,1-3H3,(H,19,20). The first-order valence-electron chi connectivity index (χ1n) is 7.07. The van der Waals surface area contributed by atoms with Gasteiger partial charge in [0.1, 0.15) is 0 Å². The van der Waals surface area contributed by atoms with Gasteiger partial charge in [-0.2, -0.15) is 0 Å². The number of aryl methyl sites for hydroxylation is 2. The zero-order valence-corrected chi connectivity index (χ0v) is 13.5. The second-order valence-corrected chi connectivity index (χ2v) is 6.61. The van der Waals surface area contributed by atoms with E-state index >= 15 is 0 Å². The Balaban J connectivity index is 2.55. The zero-order chi connectivity index (χ0) is 16.0. The van der Waals surface area contributed by atoms with E-state index in [1.54, 1.807) is 11.3 Å². The molecular formula is C18H16O3S. The average Bonchev–Trinajstić information content (AvgIpc) is 2.49. The van der Waals surface area contributed by atoms with Gasteiger partial charge in [-0.05, 0) is 55.2 Å². The molecule has 0 aliphatic heterocycles. The van der Waals surface area contributed by atoms with E-state index in [0.29, 0.717) is 10.8 Å². The number of carboxylic acids is 1. The quantitative estimate of drug-likeness (QED) is 0.729. The van der Waals surface area contributed by atoms with Crippen molar-refractivity contribution in [1.82, 2.24) is 0 Å². The third kappa shape index (κ3) is 2.11. The Bertz CT molecular complexity index is 983.